The number of benzene rings is 1. The highest BCUT2D eigenvalue weighted by molar-refractivity contribution is 7.86. The van der Waals surface area contributed by atoms with Crippen molar-refractivity contribution in [2.24, 2.45) is 0 Å². The second kappa shape index (κ2) is 23.2. The van der Waals surface area contributed by atoms with Crippen LogP contribution in [0.15, 0.2) is 29.2 Å². The molecule has 0 spiro atoms. The second-order valence-electron chi connectivity index (χ2n) is 10.4. The van der Waals surface area contributed by atoms with Gasteiger partial charge in [-0.1, -0.05) is 147 Å². The molecule has 36 heavy (non-hydrogen) atoms. The fourth-order valence-corrected chi connectivity index (χ4v) is 5.43. The Morgan fingerprint density at radius 2 is 0.917 bits per heavy atom. The van der Waals surface area contributed by atoms with E-state index >= 15 is 0 Å². The van der Waals surface area contributed by atoms with Crippen LogP contribution in [-0.4, -0.2) is 28.2 Å². The van der Waals surface area contributed by atoms with Crippen molar-refractivity contribution in [3.05, 3.63) is 29.8 Å². The zero-order valence-electron chi connectivity index (χ0n) is 23.6. The van der Waals surface area contributed by atoms with Crippen molar-refractivity contribution in [2.75, 3.05) is 19.8 Å². The number of hydrogen-bond donors (Lipinski definition) is 0. The highest BCUT2D eigenvalue weighted by atomic mass is 32.2. The molecule has 1 aromatic rings. The molecular formula is C31H56O4S. The van der Waals surface area contributed by atoms with Gasteiger partial charge in [0, 0.05) is 6.61 Å². The minimum absolute atomic E-state index is 0.0649. The Kier molecular flexibility index (Phi) is 21.4. The summed E-state index contributed by atoms with van der Waals surface area (Å²) in [7, 11) is -3.68. The third-order valence-corrected chi connectivity index (χ3v) is 8.24. The normalized spacial score (nSPS) is 11.8. The summed E-state index contributed by atoms with van der Waals surface area (Å²) in [4.78, 5) is 0.196. The molecular weight excluding hydrogens is 468 g/mol. The van der Waals surface area contributed by atoms with Crippen LogP contribution in [0.4, 0.5) is 0 Å². The van der Waals surface area contributed by atoms with E-state index in [2.05, 4.69) is 6.92 Å². The molecule has 1 aromatic carbocycles. The first-order valence-electron chi connectivity index (χ1n) is 15.1. The van der Waals surface area contributed by atoms with Crippen molar-refractivity contribution in [3.8, 4) is 0 Å². The van der Waals surface area contributed by atoms with E-state index in [1.165, 1.54) is 122 Å². The number of aryl methyl sites for hydroxylation is 1. The van der Waals surface area contributed by atoms with E-state index in [1.54, 1.807) is 24.3 Å². The summed E-state index contributed by atoms with van der Waals surface area (Å²) in [6.07, 6.45) is 27.5. The van der Waals surface area contributed by atoms with Gasteiger partial charge in [-0.3, -0.25) is 4.18 Å². The molecule has 0 atom stereocenters. The van der Waals surface area contributed by atoms with Gasteiger partial charge in [0.05, 0.1) is 18.1 Å². The summed E-state index contributed by atoms with van der Waals surface area (Å²) < 4.78 is 34.8. The first kappa shape index (κ1) is 33.1. The average molecular weight is 525 g/mol. The van der Waals surface area contributed by atoms with Crippen molar-refractivity contribution in [2.45, 2.75) is 147 Å². The largest absolute Gasteiger partial charge is 0.379 e. The average Bonchev–Trinajstić information content (AvgIpc) is 2.87. The van der Waals surface area contributed by atoms with Crippen LogP contribution in [0.2, 0.25) is 0 Å². The van der Waals surface area contributed by atoms with Crippen LogP contribution in [0.5, 0.6) is 0 Å². The van der Waals surface area contributed by atoms with Crippen LogP contribution in [0.1, 0.15) is 141 Å². The summed E-state index contributed by atoms with van der Waals surface area (Å²) >= 11 is 0. The maximum atomic E-state index is 12.1. The Morgan fingerprint density at radius 1 is 0.528 bits per heavy atom. The Bertz CT molecular complexity index is 700. The van der Waals surface area contributed by atoms with E-state index in [9.17, 15) is 8.42 Å². The van der Waals surface area contributed by atoms with Gasteiger partial charge >= 0.3 is 0 Å². The molecule has 0 unspecified atom stereocenters. The highest BCUT2D eigenvalue weighted by Gasteiger charge is 2.14. The van der Waals surface area contributed by atoms with E-state index in [-0.39, 0.29) is 11.5 Å². The summed E-state index contributed by atoms with van der Waals surface area (Å²) in [5.41, 5.74) is 1.02. The fourth-order valence-electron chi connectivity index (χ4n) is 4.54. The Morgan fingerprint density at radius 3 is 1.33 bits per heavy atom. The summed E-state index contributed by atoms with van der Waals surface area (Å²) in [5.74, 6) is 0. The van der Waals surface area contributed by atoms with Crippen molar-refractivity contribution in [3.63, 3.8) is 0 Å². The van der Waals surface area contributed by atoms with Gasteiger partial charge in [0.1, 0.15) is 0 Å². The molecule has 1 rings (SSSR count). The predicted octanol–water partition coefficient (Wildman–Crippen LogP) is 9.54. The van der Waals surface area contributed by atoms with Crippen LogP contribution in [-0.2, 0) is 19.0 Å². The quantitative estimate of drug-likeness (QED) is 0.0894. The van der Waals surface area contributed by atoms with Gasteiger partial charge in [-0.05, 0) is 25.5 Å². The maximum absolute atomic E-state index is 12.1. The lowest BCUT2D eigenvalue weighted by Crippen LogP contribution is -2.12. The summed E-state index contributed by atoms with van der Waals surface area (Å²) in [5, 5.41) is 0. The molecule has 0 aliphatic carbocycles. The van der Waals surface area contributed by atoms with Crippen molar-refractivity contribution in [1.82, 2.24) is 0 Å². The Labute approximate surface area is 224 Å². The van der Waals surface area contributed by atoms with Gasteiger partial charge < -0.3 is 4.74 Å². The van der Waals surface area contributed by atoms with Gasteiger partial charge in [0.2, 0.25) is 0 Å². The molecule has 0 heterocycles. The van der Waals surface area contributed by atoms with E-state index in [1.807, 2.05) is 6.92 Å². The molecule has 210 valence electrons. The van der Waals surface area contributed by atoms with Crippen LogP contribution >= 0.6 is 0 Å². The summed E-state index contributed by atoms with van der Waals surface area (Å²) in [6.45, 7) is 5.26. The third kappa shape index (κ3) is 19.2. The van der Waals surface area contributed by atoms with Gasteiger partial charge in [-0.15, -0.1) is 0 Å². The van der Waals surface area contributed by atoms with E-state index in [0.29, 0.717) is 13.2 Å². The first-order chi connectivity index (χ1) is 17.6. The first-order valence-corrected chi connectivity index (χ1v) is 16.5. The van der Waals surface area contributed by atoms with Crippen LogP contribution in [0.3, 0.4) is 0 Å². The predicted molar refractivity (Wildman–Crippen MR) is 153 cm³/mol. The molecule has 4 nitrogen and oxygen atoms in total. The SMILES string of the molecule is CCCCCCCCCCCCCCCCCCCCCCOCCOS(=O)(=O)c1ccc(C)cc1. The van der Waals surface area contributed by atoms with Crippen LogP contribution in [0.25, 0.3) is 0 Å². The number of hydrogen-bond acceptors (Lipinski definition) is 4. The van der Waals surface area contributed by atoms with E-state index in [0.717, 1.165) is 12.0 Å². The van der Waals surface area contributed by atoms with Gasteiger partial charge in [-0.2, -0.15) is 8.42 Å². The standard InChI is InChI=1S/C31H56O4S/c1-3-4-5-6-7-8-9-10-11-12-13-14-15-16-17-18-19-20-21-22-27-34-28-29-35-36(32,33)31-25-23-30(2)24-26-31/h23-26H,3-22,27-29H2,1-2H3. The van der Waals surface area contributed by atoms with Crippen molar-refractivity contribution >= 4 is 10.1 Å². The molecule has 0 fully saturated rings. The minimum atomic E-state index is -3.68. The lowest BCUT2D eigenvalue weighted by molar-refractivity contribution is 0.0989. The number of unbranched alkanes of at least 4 members (excludes halogenated alkanes) is 19. The van der Waals surface area contributed by atoms with Gasteiger partial charge in [-0.25, -0.2) is 0 Å². The minimum Gasteiger partial charge on any atom is -0.379 e. The maximum Gasteiger partial charge on any atom is 0.297 e. The lowest BCUT2D eigenvalue weighted by atomic mass is 10.0. The smallest absolute Gasteiger partial charge is 0.297 e. The third-order valence-electron chi connectivity index (χ3n) is 6.92. The zero-order chi connectivity index (χ0) is 26.2. The molecule has 0 aromatic heterocycles. The molecule has 0 amide bonds. The highest BCUT2D eigenvalue weighted by Crippen LogP contribution is 2.15. The lowest BCUT2D eigenvalue weighted by Gasteiger charge is -2.07. The monoisotopic (exact) mass is 524 g/mol. The zero-order valence-corrected chi connectivity index (χ0v) is 24.4. The summed E-state index contributed by atoms with van der Waals surface area (Å²) in [6, 6.07) is 6.69. The fraction of sp³-hybridized carbons (Fsp3) is 0.806. The molecule has 0 aliphatic rings. The number of ether oxygens (including phenoxy) is 1. The van der Waals surface area contributed by atoms with Gasteiger partial charge in [0.15, 0.2) is 0 Å². The Hall–Kier alpha value is -0.910. The molecule has 0 aliphatic heterocycles. The van der Waals surface area contributed by atoms with E-state index < -0.39 is 10.1 Å². The van der Waals surface area contributed by atoms with Gasteiger partial charge in [0.25, 0.3) is 10.1 Å². The second-order valence-corrected chi connectivity index (χ2v) is 12.0. The number of rotatable bonds is 26. The molecule has 0 N–H and O–H groups in total. The molecule has 5 heteroatoms. The topological polar surface area (TPSA) is 52.6 Å². The molecule has 0 saturated carbocycles. The van der Waals surface area contributed by atoms with E-state index in [4.69, 9.17) is 8.92 Å². The Balaban J connectivity index is 1.75. The van der Waals surface area contributed by atoms with Crippen molar-refractivity contribution in [1.29, 1.82) is 0 Å². The van der Waals surface area contributed by atoms with Crippen molar-refractivity contribution < 1.29 is 17.3 Å². The molecule has 0 bridgehead atoms. The molecule has 0 saturated heterocycles. The van der Waals surface area contributed by atoms with Crippen LogP contribution in [0, 0.1) is 6.92 Å². The van der Waals surface area contributed by atoms with Crippen LogP contribution < -0.4 is 0 Å². The molecule has 0 radical (unpaired) electrons.